The molecule has 4 atom stereocenters. The van der Waals surface area contributed by atoms with Crippen LogP contribution in [0, 0.1) is 22.6 Å². The summed E-state index contributed by atoms with van der Waals surface area (Å²) in [6.45, 7) is 10.1. The van der Waals surface area contributed by atoms with Gasteiger partial charge in [-0.15, -0.1) is 0 Å². The van der Waals surface area contributed by atoms with Crippen molar-refractivity contribution >= 4 is 35.4 Å². The number of nitrogens with one attached hydrogen (secondary N) is 3. The van der Waals surface area contributed by atoms with Crippen LogP contribution in [0.3, 0.4) is 0 Å². The highest BCUT2D eigenvalue weighted by atomic mass is 19.1. The van der Waals surface area contributed by atoms with E-state index in [2.05, 4.69) is 32.1 Å². The summed E-state index contributed by atoms with van der Waals surface area (Å²) in [5.41, 5.74) is 15.3. The number of hydrogen-bond donors (Lipinski definition) is 5. The molecule has 6 rings (SSSR count). The van der Waals surface area contributed by atoms with Gasteiger partial charge >= 0.3 is 0 Å². The molecule has 0 radical (unpaired) electrons. The lowest BCUT2D eigenvalue weighted by Gasteiger charge is -2.40. The lowest BCUT2D eigenvalue weighted by atomic mass is 9.84. The minimum Gasteiger partial charge on any atom is -0.494 e. The molecule has 2 aromatic carbocycles. The van der Waals surface area contributed by atoms with Gasteiger partial charge in [-0.2, -0.15) is 10.4 Å². The molecule has 19 heteroatoms. The predicted octanol–water partition coefficient (Wildman–Crippen LogP) is 5.07. The van der Waals surface area contributed by atoms with E-state index < -0.39 is 41.4 Å². The Morgan fingerprint density at radius 3 is 2.46 bits per heavy atom. The third kappa shape index (κ3) is 12.6. The fourth-order valence-corrected chi connectivity index (χ4v) is 8.75. The first kappa shape index (κ1) is 52.3. The number of rotatable bonds is 18. The fourth-order valence-electron chi connectivity index (χ4n) is 8.75. The number of likely N-dealkylation sites (N-methyl/N-ethyl adjacent to an activating group) is 1. The largest absolute Gasteiger partial charge is 0.494 e. The minimum atomic E-state index is -0.883. The van der Waals surface area contributed by atoms with Gasteiger partial charge in [0.15, 0.2) is 17.3 Å². The summed E-state index contributed by atoms with van der Waals surface area (Å²) >= 11 is 0. The van der Waals surface area contributed by atoms with Gasteiger partial charge in [-0.25, -0.2) is 9.37 Å². The number of benzene rings is 2. The summed E-state index contributed by atoms with van der Waals surface area (Å²) in [6, 6.07) is 11.1. The van der Waals surface area contributed by atoms with Gasteiger partial charge in [-0.1, -0.05) is 52.5 Å². The maximum Gasteiger partial charge on any atom is 0.254 e. The number of nitrogens with zero attached hydrogens (tertiary/aromatic N) is 6. The van der Waals surface area contributed by atoms with Crippen molar-refractivity contribution in [2.24, 2.45) is 11.1 Å². The maximum atomic E-state index is 14.4. The van der Waals surface area contributed by atoms with Crippen molar-refractivity contribution in [1.82, 2.24) is 40.5 Å². The van der Waals surface area contributed by atoms with Gasteiger partial charge in [-0.05, 0) is 86.7 Å². The summed E-state index contributed by atoms with van der Waals surface area (Å²) in [5, 5.41) is 23.5. The molecule has 0 unspecified atom stereocenters. The second kappa shape index (κ2) is 23.0. The van der Waals surface area contributed by atoms with Crippen molar-refractivity contribution in [2.45, 2.75) is 130 Å². The molecule has 2 aromatic heterocycles. The molecular formula is C51H66FN11O7. The number of fused-ring (bicyclic) bond motifs is 6. The number of anilines is 1. The Labute approximate surface area is 408 Å². The average Bonchev–Trinajstić information content (AvgIpc) is 3.67. The number of amides is 5. The summed E-state index contributed by atoms with van der Waals surface area (Å²) in [6.07, 6.45) is 6.65. The maximum absolute atomic E-state index is 14.4. The van der Waals surface area contributed by atoms with Crippen molar-refractivity contribution in [3.8, 4) is 28.7 Å². The molecule has 2 aliphatic heterocycles. The topological polar surface area (TPSA) is 253 Å². The smallest absolute Gasteiger partial charge is 0.254 e. The van der Waals surface area contributed by atoms with Crippen LogP contribution < -0.4 is 36.9 Å². The second-order valence-corrected chi connectivity index (χ2v) is 19.2. The van der Waals surface area contributed by atoms with Crippen LogP contribution in [-0.2, 0) is 45.2 Å². The zero-order valence-corrected chi connectivity index (χ0v) is 41.2. The summed E-state index contributed by atoms with van der Waals surface area (Å²) < 4.78 is 28.3. The second-order valence-electron chi connectivity index (χ2n) is 19.2. The number of halogens is 1. The monoisotopic (exact) mass is 964 g/mol. The Balaban J connectivity index is 0.957. The van der Waals surface area contributed by atoms with Crippen LogP contribution in [0.4, 0.5) is 10.2 Å². The van der Waals surface area contributed by atoms with Gasteiger partial charge in [0.05, 0.1) is 31.4 Å². The number of hydrogen-bond acceptors (Lipinski definition) is 12. The molecule has 0 saturated carbocycles. The molecule has 2 bridgehead atoms. The first-order valence-electron chi connectivity index (χ1n) is 23.9. The molecule has 0 spiro atoms. The Morgan fingerprint density at radius 2 is 1.76 bits per heavy atom. The molecule has 4 heterocycles. The zero-order chi connectivity index (χ0) is 50.9. The third-order valence-electron chi connectivity index (χ3n) is 12.9. The third-order valence-corrected chi connectivity index (χ3v) is 12.9. The van der Waals surface area contributed by atoms with Gasteiger partial charge in [0.25, 0.3) is 5.91 Å². The molecule has 0 saturated heterocycles. The summed E-state index contributed by atoms with van der Waals surface area (Å²) in [4.78, 5) is 73.5. The number of nitrogen functional groups attached to an aromatic ring is 1. The molecule has 7 N–H and O–H groups in total. The van der Waals surface area contributed by atoms with Crippen LogP contribution in [-0.4, -0.2) is 99.5 Å². The number of unbranched alkanes of at least 4 members (excludes halogenated alkanes) is 5. The number of carbonyl (C=O) groups excluding carboxylic acids is 5. The normalized spacial score (nSPS) is 16.5. The van der Waals surface area contributed by atoms with Crippen LogP contribution >= 0.6 is 0 Å². The van der Waals surface area contributed by atoms with Gasteiger partial charge in [0.1, 0.15) is 35.8 Å². The van der Waals surface area contributed by atoms with Crippen molar-refractivity contribution < 1.29 is 37.8 Å². The first-order valence-corrected chi connectivity index (χ1v) is 23.9. The van der Waals surface area contributed by atoms with E-state index in [-0.39, 0.29) is 79.1 Å². The lowest BCUT2D eigenvalue weighted by molar-refractivity contribution is -0.146. The highest BCUT2D eigenvalue weighted by molar-refractivity contribution is 5.96. The van der Waals surface area contributed by atoms with E-state index in [9.17, 15) is 33.6 Å². The SMILES string of the molecule is CN[C@H](C)C(=O)N[C@@H](C(=O)N1Cc2cc(OCCCCCCCCC(=O)NCCn3nc(C#N)c4c3CN(C)C(=O)c3ccc(F)cc3[C@@H](C)Oc3cc-4cnc3N)ccc2C[C@@H]1C(N)=O)C(C)(C)C. The number of aromatic nitrogens is 3. The van der Waals surface area contributed by atoms with E-state index in [1.54, 1.807) is 38.7 Å². The average molecular weight is 964 g/mol. The van der Waals surface area contributed by atoms with E-state index in [0.717, 1.165) is 43.2 Å². The Hall–Kier alpha value is -7.07. The van der Waals surface area contributed by atoms with Crippen LogP contribution in [0.2, 0.25) is 0 Å². The number of nitrogens with two attached hydrogens (primary N) is 2. The van der Waals surface area contributed by atoms with Crippen LogP contribution in [0.5, 0.6) is 11.5 Å². The molecule has 0 fully saturated rings. The first-order chi connectivity index (χ1) is 33.3. The van der Waals surface area contributed by atoms with Crippen LogP contribution in [0.1, 0.15) is 124 Å². The minimum absolute atomic E-state index is 0.0460. The number of carbonyl (C=O) groups is 5. The van der Waals surface area contributed by atoms with Gasteiger partial charge in [0, 0.05) is 61.4 Å². The van der Waals surface area contributed by atoms with E-state index in [1.165, 1.54) is 34.2 Å². The Morgan fingerprint density at radius 1 is 1.03 bits per heavy atom. The quantitative estimate of drug-likeness (QED) is 0.0821. The van der Waals surface area contributed by atoms with E-state index in [1.807, 2.05) is 39.0 Å². The molecular weight excluding hydrogens is 898 g/mol. The highest BCUT2D eigenvalue weighted by Crippen LogP contribution is 2.37. The van der Waals surface area contributed by atoms with Crippen molar-refractivity contribution in [3.63, 3.8) is 0 Å². The van der Waals surface area contributed by atoms with E-state index in [4.69, 9.17) is 20.9 Å². The molecule has 70 heavy (non-hydrogen) atoms. The molecule has 5 amide bonds. The van der Waals surface area contributed by atoms with Crippen molar-refractivity contribution in [2.75, 3.05) is 33.0 Å². The molecule has 0 aliphatic carbocycles. The zero-order valence-electron chi connectivity index (χ0n) is 41.2. The molecule has 4 aromatic rings. The number of ether oxygens (including phenoxy) is 2. The lowest BCUT2D eigenvalue weighted by Crippen LogP contribution is -2.61. The van der Waals surface area contributed by atoms with Gasteiger partial charge < -0.3 is 46.7 Å². The Kier molecular flexibility index (Phi) is 17.2. The van der Waals surface area contributed by atoms with Crippen LogP contribution in [0.25, 0.3) is 11.1 Å². The number of pyridine rings is 1. The molecule has 374 valence electrons. The highest BCUT2D eigenvalue weighted by Gasteiger charge is 2.42. The summed E-state index contributed by atoms with van der Waals surface area (Å²) in [7, 11) is 3.28. The van der Waals surface area contributed by atoms with Crippen LogP contribution in [0.15, 0.2) is 48.7 Å². The predicted molar refractivity (Wildman–Crippen MR) is 260 cm³/mol. The number of nitriles is 1. The van der Waals surface area contributed by atoms with E-state index in [0.29, 0.717) is 47.6 Å². The van der Waals surface area contributed by atoms with Gasteiger partial charge in [-0.3, -0.25) is 28.7 Å². The number of primary amides is 1. The van der Waals surface area contributed by atoms with Crippen molar-refractivity contribution in [1.29, 1.82) is 5.26 Å². The van der Waals surface area contributed by atoms with Gasteiger partial charge in [0.2, 0.25) is 23.6 Å². The molecule has 18 nitrogen and oxygen atoms in total. The fraction of sp³-hybridized carbons (Fsp3) is 0.490. The standard InChI is InChI=1S/C51H66FN11O7/c1-30(56-6)48(66)59-45(51(3,4)5)50(68)62-28-34-22-36(17-15-32(34)23-40(62)47(55)65)69-21-13-11-9-8-10-12-14-43(64)57-19-20-63-41-29-61(7)49(67)37-18-16-35(52)25-38(37)31(2)70-42-24-33(27-58-46(42)54)44(41)39(26-53)60-63/h15-18,22,24-25,27,30-31,40,45,56H,8-14,19-21,23,28-29H2,1-7H3,(H2,54,58)(H2,55,65)(H,57,64)(H,59,66)/t30-,31-,40-,45+/m1/s1. The summed E-state index contributed by atoms with van der Waals surface area (Å²) in [5.74, 6) is -1.36. The molecule has 2 aliphatic rings. The Bertz CT molecular complexity index is 2620. The van der Waals surface area contributed by atoms with Crippen molar-refractivity contribution in [3.05, 3.63) is 88.1 Å². The van der Waals surface area contributed by atoms with E-state index >= 15 is 0 Å².